The maximum absolute atomic E-state index is 12.8. The van der Waals surface area contributed by atoms with Gasteiger partial charge in [0.2, 0.25) is 0 Å². The van der Waals surface area contributed by atoms with E-state index in [2.05, 4.69) is 20.8 Å². The largest absolute Gasteiger partial charge is 0.462 e. The molecular formula is C67H130O6. The Morgan fingerprint density at radius 1 is 0.219 bits per heavy atom. The second kappa shape index (κ2) is 62.9. The van der Waals surface area contributed by atoms with Crippen LogP contribution in [0.15, 0.2) is 0 Å². The number of unbranched alkanes of at least 4 members (excludes halogenated alkanes) is 52. The van der Waals surface area contributed by atoms with E-state index in [-0.39, 0.29) is 31.1 Å². The Hall–Kier alpha value is -1.59. The normalized spacial score (nSPS) is 11.9. The average Bonchev–Trinajstić information content (AvgIpc) is 3.39. The fraction of sp³-hybridized carbons (Fsp3) is 0.955. The summed E-state index contributed by atoms with van der Waals surface area (Å²) in [6.45, 7) is 6.67. The van der Waals surface area contributed by atoms with Gasteiger partial charge < -0.3 is 14.2 Å². The molecule has 0 spiro atoms. The summed E-state index contributed by atoms with van der Waals surface area (Å²) in [6, 6.07) is 0. The number of carbonyl (C=O) groups is 3. The van der Waals surface area contributed by atoms with Crippen molar-refractivity contribution in [3.05, 3.63) is 0 Å². The van der Waals surface area contributed by atoms with Gasteiger partial charge in [0.05, 0.1) is 0 Å². The fourth-order valence-corrected chi connectivity index (χ4v) is 10.6. The third-order valence-electron chi connectivity index (χ3n) is 15.6. The number of carbonyl (C=O) groups excluding carboxylic acids is 3. The second-order valence-electron chi connectivity index (χ2n) is 23.1. The summed E-state index contributed by atoms with van der Waals surface area (Å²) in [5.41, 5.74) is 0. The van der Waals surface area contributed by atoms with E-state index < -0.39 is 6.10 Å². The van der Waals surface area contributed by atoms with Crippen molar-refractivity contribution in [2.24, 2.45) is 0 Å². The molecule has 0 aromatic heterocycles. The van der Waals surface area contributed by atoms with Gasteiger partial charge in [0.1, 0.15) is 13.2 Å². The lowest BCUT2D eigenvalue weighted by atomic mass is 10.0. The van der Waals surface area contributed by atoms with Crippen LogP contribution in [0.5, 0.6) is 0 Å². The maximum Gasteiger partial charge on any atom is 0.306 e. The molecule has 6 heteroatoms. The first-order valence-corrected chi connectivity index (χ1v) is 33.5. The van der Waals surface area contributed by atoms with Crippen LogP contribution in [0.1, 0.15) is 393 Å². The van der Waals surface area contributed by atoms with E-state index in [0.717, 1.165) is 57.8 Å². The van der Waals surface area contributed by atoms with Crippen LogP contribution in [0.2, 0.25) is 0 Å². The van der Waals surface area contributed by atoms with Crippen molar-refractivity contribution in [2.75, 3.05) is 13.2 Å². The summed E-state index contributed by atoms with van der Waals surface area (Å²) in [4.78, 5) is 38.0. The molecule has 0 aliphatic rings. The quantitative estimate of drug-likeness (QED) is 0.0343. The van der Waals surface area contributed by atoms with Crippen LogP contribution in [-0.4, -0.2) is 37.2 Å². The number of hydrogen-bond donors (Lipinski definition) is 0. The van der Waals surface area contributed by atoms with Crippen LogP contribution in [0.3, 0.4) is 0 Å². The zero-order valence-corrected chi connectivity index (χ0v) is 50.0. The molecule has 0 aliphatic carbocycles. The molecule has 0 aliphatic heterocycles. The predicted octanol–water partition coefficient (Wildman–Crippen LogP) is 22.7. The highest BCUT2D eigenvalue weighted by molar-refractivity contribution is 5.71. The second-order valence-corrected chi connectivity index (χ2v) is 23.1. The van der Waals surface area contributed by atoms with E-state index in [1.165, 1.54) is 295 Å². The SMILES string of the molecule is CCCCCCCCCCCCCCCCCCCCCCCCCCCCCCCC(=O)OCC(COC(=O)CCCCCCCC)OC(=O)CCCCCCCCCCCCCCCCCCCCCC. The van der Waals surface area contributed by atoms with Gasteiger partial charge in [-0.1, -0.05) is 355 Å². The van der Waals surface area contributed by atoms with Gasteiger partial charge in [-0.3, -0.25) is 14.4 Å². The lowest BCUT2D eigenvalue weighted by Gasteiger charge is -2.18. The first-order valence-electron chi connectivity index (χ1n) is 33.5. The van der Waals surface area contributed by atoms with Crippen LogP contribution >= 0.6 is 0 Å². The van der Waals surface area contributed by atoms with E-state index >= 15 is 0 Å². The van der Waals surface area contributed by atoms with Crippen molar-refractivity contribution in [3.63, 3.8) is 0 Å². The third-order valence-corrected chi connectivity index (χ3v) is 15.6. The number of rotatable bonds is 63. The molecule has 0 rings (SSSR count). The van der Waals surface area contributed by atoms with Gasteiger partial charge in [0.15, 0.2) is 6.10 Å². The molecule has 0 amide bonds. The first kappa shape index (κ1) is 71.4. The monoisotopic (exact) mass is 1030 g/mol. The molecule has 0 bridgehead atoms. The summed E-state index contributed by atoms with van der Waals surface area (Å²) >= 11 is 0. The number of esters is 3. The van der Waals surface area contributed by atoms with E-state index in [0.29, 0.717) is 19.3 Å². The standard InChI is InChI=1S/C67H130O6/c1-4-7-10-13-16-18-20-22-24-26-28-30-31-32-33-34-35-36-37-38-40-41-43-45-47-49-51-54-57-60-66(69)72-63-64(62-71-65(68)59-56-53-15-12-9-6-3)73-67(70)61-58-55-52-50-48-46-44-42-39-29-27-25-23-21-19-17-14-11-8-5-2/h64H,4-63H2,1-3H3. The van der Waals surface area contributed by atoms with Crippen molar-refractivity contribution < 1.29 is 28.6 Å². The third kappa shape index (κ3) is 61.1. The Balaban J connectivity index is 3.94. The molecule has 1 atom stereocenters. The summed E-state index contributed by atoms with van der Waals surface area (Å²) < 4.78 is 16.8. The molecule has 0 N–H and O–H groups in total. The minimum absolute atomic E-state index is 0.0618. The zero-order valence-electron chi connectivity index (χ0n) is 50.0. The predicted molar refractivity (Wildman–Crippen MR) is 317 cm³/mol. The van der Waals surface area contributed by atoms with Crippen LogP contribution < -0.4 is 0 Å². The highest BCUT2D eigenvalue weighted by Crippen LogP contribution is 2.19. The Kier molecular flexibility index (Phi) is 61.6. The summed E-state index contributed by atoms with van der Waals surface area (Å²) in [5, 5.41) is 0. The fourth-order valence-electron chi connectivity index (χ4n) is 10.6. The van der Waals surface area contributed by atoms with Crippen molar-refractivity contribution in [1.82, 2.24) is 0 Å². The van der Waals surface area contributed by atoms with E-state index in [9.17, 15) is 14.4 Å². The van der Waals surface area contributed by atoms with Crippen LogP contribution in [0.25, 0.3) is 0 Å². The van der Waals surface area contributed by atoms with Crippen molar-refractivity contribution in [2.45, 2.75) is 399 Å². The number of ether oxygens (including phenoxy) is 3. The highest BCUT2D eigenvalue weighted by atomic mass is 16.6. The van der Waals surface area contributed by atoms with Crippen LogP contribution in [-0.2, 0) is 28.6 Å². The van der Waals surface area contributed by atoms with Gasteiger partial charge >= 0.3 is 17.9 Å². The van der Waals surface area contributed by atoms with E-state index in [4.69, 9.17) is 14.2 Å². The van der Waals surface area contributed by atoms with Crippen molar-refractivity contribution >= 4 is 17.9 Å². The van der Waals surface area contributed by atoms with Gasteiger partial charge in [-0.05, 0) is 19.3 Å². The molecule has 0 aromatic rings. The Morgan fingerprint density at radius 3 is 0.548 bits per heavy atom. The van der Waals surface area contributed by atoms with Gasteiger partial charge in [-0.15, -0.1) is 0 Å². The minimum atomic E-state index is -0.761. The highest BCUT2D eigenvalue weighted by Gasteiger charge is 2.19. The van der Waals surface area contributed by atoms with Gasteiger partial charge in [0.25, 0.3) is 0 Å². The molecule has 73 heavy (non-hydrogen) atoms. The zero-order chi connectivity index (χ0) is 52.9. The van der Waals surface area contributed by atoms with E-state index in [1.807, 2.05) is 0 Å². The van der Waals surface area contributed by atoms with E-state index in [1.54, 1.807) is 0 Å². The molecular weight excluding hydrogens is 901 g/mol. The first-order chi connectivity index (χ1) is 36.0. The molecule has 0 heterocycles. The lowest BCUT2D eigenvalue weighted by molar-refractivity contribution is -0.167. The summed E-state index contributed by atoms with van der Waals surface area (Å²) in [6.07, 6.45) is 73.2. The Morgan fingerprint density at radius 2 is 0.370 bits per heavy atom. The Labute approximate surface area is 457 Å². The summed E-state index contributed by atoms with van der Waals surface area (Å²) in [5.74, 6) is -0.840. The number of hydrogen-bond acceptors (Lipinski definition) is 6. The molecule has 1 unspecified atom stereocenters. The molecule has 6 nitrogen and oxygen atoms in total. The van der Waals surface area contributed by atoms with Crippen LogP contribution in [0, 0.1) is 0 Å². The minimum Gasteiger partial charge on any atom is -0.462 e. The smallest absolute Gasteiger partial charge is 0.306 e. The molecule has 434 valence electrons. The lowest BCUT2D eigenvalue weighted by Crippen LogP contribution is -2.30. The molecule has 0 saturated heterocycles. The van der Waals surface area contributed by atoms with Crippen LogP contribution in [0.4, 0.5) is 0 Å². The van der Waals surface area contributed by atoms with Gasteiger partial charge in [0, 0.05) is 19.3 Å². The Bertz CT molecular complexity index is 1090. The van der Waals surface area contributed by atoms with Crippen molar-refractivity contribution in [3.8, 4) is 0 Å². The molecule has 0 aromatic carbocycles. The summed E-state index contributed by atoms with van der Waals surface area (Å²) in [7, 11) is 0. The maximum atomic E-state index is 12.8. The molecule has 0 fully saturated rings. The van der Waals surface area contributed by atoms with Gasteiger partial charge in [-0.25, -0.2) is 0 Å². The van der Waals surface area contributed by atoms with Crippen molar-refractivity contribution in [1.29, 1.82) is 0 Å². The van der Waals surface area contributed by atoms with Gasteiger partial charge in [-0.2, -0.15) is 0 Å². The molecule has 0 saturated carbocycles. The molecule has 0 radical (unpaired) electrons. The average molecular weight is 1030 g/mol. The topological polar surface area (TPSA) is 78.9 Å².